The predicted molar refractivity (Wildman–Crippen MR) is 85.5 cm³/mol. The largest absolute Gasteiger partial charge is 0.322 e. The molecule has 0 aliphatic rings. The molecule has 1 heterocycles. The van der Waals surface area contributed by atoms with Crippen molar-refractivity contribution >= 4 is 23.2 Å². The Balaban J connectivity index is 1.65. The zero-order chi connectivity index (χ0) is 15.8. The monoisotopic (exact) mass is 321 g/mol. The van der Waals surface area contributed by atoms with E-state index in [2.05, 4.69) is 15.6 Å². The van der Waals surface area contributed by atoms with Crippen molar-refractivity contribution < 1.29 is 9.18 Å². The molecule has 1 aromatic heterocycles. The highest BCUT2D eigenvalue weighted by atomic mass is 35.5. The van der Waals surface area contributed by atoms with Crippen LogP contribution < -0.4 is 10.6 Å². The molecule has 2 rings (SSSR count). The smallest absolute Gasteiger partial charge is 0.238 e. The second-order valence-corrected chi connectivity index (χ2v) is 5.25. The lowest BCUT2D eigenvalue weighted by Crippen LogP contribution is -2.29. The van der Waals surface area contributed by atoms with Gasteiger partial charge >= 0.3 is 0 Å². The molecule has 0 spiro atoms. The fourth-order valence-corrected chi connectivity index (χ4v) is 2.11. The molecule has 0 bridgehead atoms. The van der Waals surface area contributed by atoms with Crippen molar-refractivity contribution in [3.63, 3.8) is 0 Å². The number of halogens is 2. The number of anilines is 1. The quantitative estimate of drug-likeness (QED) is 0.771. The van der Waals surface area contributed by atoms with Crippen molar-refractivity contribution in [1.82, 2.24) is 10.3 Å². The maximum absolute atomic E-state index is 13.5. The summed E-state index contributed by atoms with van der Waals surface area (Å²) in [4.78, 5) is 15.7. The summed E-state index contributed by atoms with van der Waals surface area (Å²) in [6.07, 6.45) is 5.36. The Kier molecular flexibility index (Phi) is 6.30. The molecular weight excluding hydrogens is 305 g/mol. The molecule has 4 nitrogen and oxygen atoms in total. The van der Waals surface area contributed by atoms with Gasteiger partial charge in [0.1, 0.15) is 5.82 Å². The fraction of sp³-hybridized carbons (Fsp3) is 0.250. The van der Waals surface area contributed by atoms with Crippen LogP contribution >= 0.6 is 11.6 Å². The van der Waals surface area contributed by atoms with E-state index in [0.717, 1.165) is 18.4 Å². The van der Waals surface area contributed by atoms with Crippen LogP contribution in [0.3, 0.4) is 0 Å². The number of benzene rings is 1. The minimum Gasteiger partial charge on any atom is -0.322 e. The highest BCUT2D eigenvalue weighted by molar-refractivity contribution is 6.30. The van der Waals surface area contributed by atoms with Crippen molar-refractivity contribution in [2.45, 2.75) is 12.8 Å². The molecule has 22 heavy (non-hydrogen) atoms. The van der Waals surface area contributed by atoms with Crippen molar-refractivity contribution in [2.24, 2.45) is 0 Å². The van der Waals surface area contributed by atoms with Crippen molar-refractivity contribution in [1.29, 1.82) is 0 Å². The number of rotatable bonds is 7. The van der Waals surface area contributed by atoms with E-state index in [1.165, 1.54) is 18.2 Å². The van der Waals surface area contributed by atoms with E-state index in [4.69, 9.17) is 11.6 Å². The normalized spacial score (nSPS) is 10.5. The molecule has 0 saturated carbocycles. The van der Waals surface area contributed by atoms with Crippen LogP contribution in [0.4, 0.5) is 10.1 Å². The van der Waals surface area contributed by atoms with Crippen LogP contribution in [0.5, 0.6) is 0 Å². The van der Waals surface area contributed by atoms with Crippen LogP contribution in [-0.2, 0) is 11.2 Å². The molecule has 116 valence electrons. The van der Waals surface area contributed by atoms with E-state index >= 15 is 0 Å². The number of hydrogen-bond acceptors (Lipinski definition) is 3. The van der Waals surface area contributed by atoms with Gasteiger partial charge in [0.25, 0.3) is 0 Å². The average molecular weight is 322 g/mol. The molecule has 1 amide bonds. The molecule has 0 unspecified atom stereocenters. The highest BCUT2D eigenvalue weighted by Gasteiger charge is 2.07. The molecule has 2 aromatic rings. The number of nitrogens with one attached hydrogen (secondary N) is 2. The summed E-state index contributed by atoms with van der Waals surface area (Å²) >= 11 is 5.65. The van der Waals surface area contributed by atoms with E-state index in [9.17, 15) is 9.18 Å². The maximum atomic E-state index is 13.5. The number of pyridine rings is 1. The molecule has 1 aromatic carbocycles. The Bertz CT molecular complexity index is 622. The van der Waals surface area contributed by atoms with Gasteiger partial charge in [0.2, 0.25) is 5.91 Å². The zero-order valence-corrected chi connectivity index (χ0v) is 12.7. The van der Waals surface area contributed by atoms with E-state index in [1.54, 1.807) is 6.20 Å². The molecule has 2 N–H and O–H groups in total. The van der Waals surface area contributed by atoms with E-state index in [-0.39, 0.29) is 18.1 Å². The molecule has 0 aliphatic carbocycles. The maximum Gasteiger partial charge on any atom is 0.238 e. The third-order valence-corrected chi connectivity index (χ3v) is 3.27. The van der Waals surface area contributed by atoms with Gasteiger partial charge in [-0.1, -0.05) is 17.7 Å². The summed E-state index contributed by atoms with van der Waals surface area (Å²) in [6, 6.07) is 8.05. The molecular formula is C16H17ClFN3O. The summed E-state index contributed by atoms with van der Waals surface area (Å²) in [5.41, 5.74) is 1.29. The summed E-state index contributed by atoms with van der Waals surface area (Å²) in [5, 5.41) is 5.82. The van der Waals surface area contributed by atoms with Crippen LogP contribution in [-0.4, -0.2) is 24.0 Å². The number of aromatic nitrogens is 1. The molecule has 0 atom stereocenters. The first-order valence-corrected chi connectivity index (χ1v) is 7.37. The van der Waals surface area contributed by atoms with Gasteiger partial charge in [-0.05, 0) is 49.2 Å². The number of carbonyl (C=O) groups is 1. The first-order chi connectivity index (χ1) is 10.6. The summed E-state index contributed by atoms with van der Waals surface area (Å²) in [6.45, 7) is 0.834. The van der Waals surface area contributed by atoms with Gasteiger partial charge in [0.05, 0.1) is 12.2 Å². The second kappa shape index (κ2) is 8.46. The Morgan fingerprint density at radius 2 is 2.18 bits per heavy atom. The van der Waals surface area contributed by atoms with Gasteiger partial charge in [0.15, 0.2) is 0 Å². The van der Waals surface area contributed by atoms with Gasteiger partial charge in [-0.2, -0.15) is 0 Å². The summed E-state index contributed by atoms with van der Waals surface area (Å²) < 4.78 is 13.5. The molecule has 0 aliphatic heterocycles. The lowest BCUT2D eigenvalue weighted by molar-refractivity contribution is -0.115. The van der Waals surface area contributed by atoms with Crippen LogP contribution in [0, 0.1) is 5.82 Å². The topological polar surface area (TPSA) is 54.0 Å². The first kappa shape index (κ1) is 16.4. The van der Waals surface area contributed by atoms with Gasteiger partial charge in [0, 0.05) is 17.4 Å². The standard InChI is InChI=1S/C16H17ClFN3O/c17-13-5-6-15(14(18)9-13)21-16(22)11-20-8-2-4-12-3-1-7-19-10-12/h1,3,5-7,9-10,20H,2,4,8,11H2,(H,21,22). The number of hydrogen-bond donors (Lipinski definition) is 2. The minimum atomic E-state index is -0.544. The number of amides is 1. The Labute approximate surface area is 133 Å². The van der Waals surface area contributed by atoms with Crippen molar-refractivity contribution in [3.05, 3.63) is 59.1 Å². The van der Waals surface area contributed by atoms with E-state index in [1.807, 2.05) is 18.3 Å². The molecule has 0 radical (unpaired) electrons. The zero-order valence-electron chi connectivity index (χ0n) is 12.0. The fourth-order valence-electron chi connectivity index (χ4n) is 1.95. The number of nitrogens with zero attached hydrogens (tertiary/aromatic N) is 1. The lowest BCUT2D eigenvalue weighted by atomic mass is 10.1. The third-order valence-electron chi connectivity index (χ3n) is 3.03. The van der Waals surface area contributed by atoms with Gasteiger partial charge in [-0.15, -0.1) is 0 Å². The SMILES string of the molecule is O=C(CNCCCc1cccnc1)Nc1ccc(Cl)cc1F. The molecule has 6 heteroatoms. The van der Waals surface area contributed by atoms with Crippen LogP contribution in [0.2, 0.25) is 5.02 Å². The molecule has 0 saturated heterocycles. The first-order valence-electron chi connectivity index (χ1n) is 6.99. The van der Waals surface area contributed by atoms with Crippen molar-refractivity contribution in [3.8, 4) is 0 Å². The van der Waals surface area contributed by atoms with Gasteiger partial charge in [-0.3, -0.25) is 9.78 Å². The Morgan fingerprint density at radius 1 is 1.32 bits per heavy atom. The van der Waals surface area contributed by atoms with Crippen LogP contribution in [0.25, 0.3) is 0 Å². The number of aryl methyl sites for hydroxylation is 1. The Hall–Kier alpha value is -1.98. The van der Waals surface area contributed by atoms with Gasteiger partial charge in [-0.25, -0.2) is 4.39 Å². The van der Waals surface area contributed by atoms with Crippen molar-refractivity contribution in [2.75, 3.05) is 18.4 Å². The lowest BCUT2D eigenvalue weighted by Gasteiger charge is -2.08. The summed E-state index contributed by atoms with van der Waals surface area (Å²) in [7, 11) is 0. The van der Waals surface area contributed by atoms with E-state index in [0.29, 0.717) is 11.6 Å². The Morgan fingerprint density at radius 3 is 2.91 bits per heavy atom. The average Bonchev–Trinajstić information content (AvgIpc) is 2.51. The molecule has 0 fully saturated rings. The number of carbonyl (C=O) groups excluding carboxylic acids is 1. The minimum absolute atomic E-state index is 0.131. The van der Waals surface area contributed by atoms with E-state index < -0.39 is 5.82 Å². The predicted octanol–water partition coefficient (Wildman–Crippen LogP) is 3.04. The third kappa shape index (κ3) is 5.42. The highest BCUT2D eigenvalue weighted by Crippen LogP contribution is 2.18. The summed E-state index contributed by atoms with van der Waals surface area (Å²) in [5.74, 6) is -0.833. The van der Waals surface area contributed by atoms with Crippen LogP contribution in [0.1, 0.15) is 12.0 Å². The second-order valence-electron chi connectivity index (χ2n) is 4.81. The van der Waals surface area contributed by atoms with Gasteiger partial charge < -0.3 is 10.6 Å². The van der Waals surface area contributed by atoms with Crippen LogP contribution in [0.15, 0.2) is 42.7 Å².